The first-order chi connectivity index (χ1) is 5.12. The largest absolute Gasteiger partial charge is 0.305 e. The number of hydrogen-bond donors (Lipinski definition) is 2. The van der Waals surface area contributed by atoms with Crippen LogP contribution in [0.25, 0.3) is 0 Å². The van der Waals surface area contributed by atoms with E-state index in [1.165, 1.54) is 7.05 Å². The Bertz CT molecular complexity index is 227. The molecule has 0 aliphatic rings. The van der Waals surface area contributed by atoms with Crippen LogP contribution in [-0.2, 0) is 10.0 Å². The maximum absolute atomic E-state index is 10.8. The normalized spacial score (nSPS) is 10.9. The van der Waals surface area contributed by atoms with Gasteiger partial charge in [-0.2, -0.15) is 0 Å². The number of hydrogen-bond acceptors (Lipinski definition) is 3. The Morgan fingerprint density at radius 3 is 2.64 bits per heavy atom. The van der Waals surface area contributed by atoms with Gasteiger partial charge in [0.15, 0.2) is 0 Å². The minimum Gasteiger partial charge on any atom is -0.305 e. The number of nitrogens with one attached hydrogen (secondary N) is 2. The monoisotopic (exact) mass is 176 g/mol. The van der Waals surface area contributed by atoms with Crippen molar-refractivity contribution in [1.82, 2.24) is 10.0 Å². The first kappa shape index (κ1) is 10.4. The lowest BCUT2D eigenvalue weighted by atomic mass is 10.6. The second-order valence-electron chi connectivity index (χ2n) is 1.90. The molecule has 0 bridgehead atoms. The summed E-state index contributed by atoms with van der Waals surface area (Å²) in [5, 5.41) is 2.77. The summed E-state index contributed by atoms with van der Waals surface area (Å²) >= 11 is 0. The molecule has 0 aromatic heterocycles. The van der Waals surface area contributed by atoms with Crippen molar-refractivity contribution in [2.75, 3.05) is 25.9 Å². The quantitative estimate of drug-likeness (QED) is 0.407. The van der Waals surface area contributed by atoms with Gasteiger partial charge in [-0.05, 0) is 7.05 Å². The molecule has 0 amide bonds. The predicted octanol–water partition coefficient (Wildman–Crippen LogP) is -1.24. The van der Waals surface area contributed by atoms with Gasteiger partial charge in [0.2, 0.25) is 10.0 Å². The van der Waals surface area contributed by atoms with Gasteiger partial charge in [-0.1, -0.05) is 5.92 Å². The van der Waals surface area contributed by atoms with Crippen molar-refractivity contribution in [3.63, 3.8) is 0 Å². The first-order valence-corrected chi connectivity index (χ1v) is 4.83. The van der Waals surface area contributed by atoms with Crippen molar-refractivity contribution >= 4 is 10.0 Å². The standard InChI is InChI=1S/C6H12N2O2S/c1-3-4-8-5-6-11(9,10)7-2/h1,7-8H,4-6H2,2H3. The first-order valence-electron chi connectivity index (χ1n) is 3.18. The van der Waals surface area contributed by atoms with Crippen LogP contribution in [0.2, 0.25) is 0 Å². The molecule has 0 saturated heterocycles. The summed E-state index contributed by atoms with van der Waals surface area (Å²) in [6.07, 6.45) is 4.93. The molecule has 0 aliphatic heterocycles. The van der Waals surface area contributed by atoms with Crippen LogP contribution in [0.3, 0.4) is 0 Å². The highest BCUT2D eigenvalue weighted by Gasteiger charge is 2.03. The Balaban J connectivity index is 3.49. The van der Waals surface area contributed by atoms with Gasteiger partial charge in [0.25, 0.3) is 0 Å². The van der Waals surface area contributed by atoms with Gasteiger partial charge in [-0.15, -0.1) is 6.42 Å². The van der Waals surface area contributed by atoms with Gasteiger partial charge in [-0.3, -0.25) is 0 Å². The summed E-state index contributed by atoms with van der Waals surface area (Å²) in [6.45, 7) is 0.784. The van der Waals surface area contributed by atoms with Crippen LogP contribution >= 0.6 is 0 Å². The van der Waals surface area contributed by atoms with E-state index in [1.807, 2.05) is 0 Å². The van der Waals surface area contributed by atoms with Crippen LogP contribution in [0.5, 0.6) is 0 Å². The van der Waals surface area contributed by atoms with Gasteiger partial charge in [-0.25, -0.2) is 13.1 Å². The third kappa shape index (κ3) is 5.85. The van der Waals surface area contributed by atoms with Crippen LogP contribution in [0, 0.1) is 12.3 Å². The third-order valence-corrected chi connectivity index (χ3v) is 2.45. The molecule has 4 nitrogen and oxygen atoms in total. The molecule has 0 fully saturated rings. The van der Waals surface area contributed by atoms with E-state index in [9.17, 15) is 8.42 Å². The van der Waals surface area contributed by atoms with E-state index in [4.69, 9.17) is 6.42 Å². The average Bonchev–Trinajstić information content (AvgIpc) is 1.99. The minimum atomic E-state index is -3.08. The molecule has 0 aromatic carbocycles. The number of rotatable bonds is 5. The van der Waals surface area contributed by atoms with E-state index in [1.54, 1.807) is 0 Å². The van der Waals surface area contributed by atoms with Crippen LogP contribution in [-0.4, -0.2) is 34.3 Å². The summed E-state index contributed by atoms with van der Waals surface area (Å²) in [6, 6.07) is 0. The number of terminal acetylenes is 1. The maximum atomic E-state index is 10.8. The van der Waals surface area contributed by atoms with Crippen molar-refractivity contribution in [1.29, 1.82) is 0 Å². The molecule has 0 heterocycles. The van der Waals surface area contributed by atoms with Gasteiger partial charge < -0.3 is 5.32 Å². The Labute approximate surface area is 67.4 Å². The fraction of sp³-hybridized carbons (Fsp3) is 0.667. The van der Waals surface area contributed by atoms with Gasteiger partial charge in [0.1, 0.15) is 0 Å². The van der Waals surface area contributed by atoms with Crippen LogP contribution in [0.1, 0.15) is 0 Å². The summed E-state index contributed by atoms with van der Waals surface area (Å²) in [5.74, 6) is 2.41. The Hall–Kier alpha value is -0.570. The topological polar surface area (TPSA) is 58.2 Å². The lowest BCUT2D eigenvalue weighted by molar-refractivity contribution is 0.585. The van der Waals surface area contributed by atoms with Crippen molar-refractivity contribution < 1.29 is 8.42 Å². The molecular formula is C6H12N2O2S. The van der Waals surface area contributed by atoms with E-state index >= 15 is 0 Å². The molecule has 0 spiro atoms. The van der Waals surface area contributed by atoms with Gasteiger partial charge in [0.05, 0.1) is 12.3 Å². The molecule has 0 aliphatic carbocycles. The van der Waals surface area contributed by atoms with Gasteiger partial charge >= 0.3 is 0 Å². The van der Waals surface area contributed by atoms with Crippen LogP contribution < -0.4 is 10.0 Å². The Morgan fingerprint density at radius 2 is 2.18 bits per heavy atom. The third-order valence-electron chi connectivity index (χ3n) is 1.09. The highest BCUT2D eigenvalue weighted by atomic mass is 32.2. The zero-order chi connectivity index (χ0) is 8.74. The summed E-state index contributed by atoms with van der Waals surface area (Å²) in [5.41, 5.74) is 0. The zero-order valence-corrected chi connectivity index (χ0v) is 7.24. The fourth-order valence-electron chi connectivity index (χ4n) is 0.469. The van der Waals surface area contributed by atoms with E-state index < -0.39 is 10.0 Å². The van der Waals surface area contributed by atoms with Crippen LogP contribution in [0.15, 0.2) is 0 Å². The minimum absolute atomic E-state index is 0.0607. The molecule has 64 valence electrons. The predicted molar refractivity (Wildman–Crippen MR) is 44.5 cm³/mol. The molecule has 0 aromatic rings. The molecular weight excluding hydrogens is 164 g/mol. The second kappa shape index (κ2) is 5.13. The van der Waals surface area contributed by atoms with E-state index in [2.05, 4.69) is 16.0 Å². The fourth-order valence-corrected chi connectivity index (χ4v) is 1.09. The van der Waals surface area contributed by atoms with Crippen molar-refractivity contribution in [2.24, 2.45) is 0 Å². The lowest BCUT2D eigenvalue weighted by Gasteiger charge is -2.01. The Morgan fingerprint density at radius 1 is 1.55 bits per heavy atom. The zero-order valence-electron chi connectivity index (χ0n) is 6.42. The van der Waals surface area contributed by atoms with Crippen molar-refractivity contribution in [2.45, 2.75) is 0 Å². The summed E-state index contributed by atoms with van der Waals surface area (Å²) in [7, 11) is -1.70. The molecule has 0 rings (SSSR count). The maximum Gasteiger partial charge on any atom is 0.212 e. The summed E-state index contributed by atoms with van der Waals surface area (Å²) in [4.78, 5) is 0. The second-order valence-corrected chi connectivity index (χ2v) is 3.95. The molecule has 0 atom stereocenters. The van der Waals surface area contributed by atoms with E-state index in [-0.39, 0.29) is 5.75 Å². The lowest BCUT2D eigenvalue weighted by Crippen LogP contribution is -2.29. The van der Waals surface area contributed by atoms with Crippen molar-refractivity contribution in [3.05, 3.63) is 0 Å². The molecule has 5 heteroatoms. The highest BCUT2D eigenvalue weighted by molar-refractivity contribution is 7.89. The summed E-state index contributed by atoms with van der Waals surface area (Å²) < 4.78 is 23.7. The van der Waals surface area contributed by atoms with Crippen molar-refractivity contribution in [3.8, 4) is 12.3 Å². The average molecular weight is 176 g/mol. The Kier molecular flexibility index (Phi) is 4.86. The molecule has 11 heavy (non-hydrogen) atoms. The number of sulfonamides is 1. The van der Waals surface area contributed by atoms with Gasteiger partial charge in [0, 0.05) is 6.54 Å². The molecule has 0 radical (unpaired) electrons. The molecule has 0 saturated carbocycles. The van der Waals surface area contributed by atoms with Crippen LogP contribution in [0.4, 0.5) is 0 Å². The SMILES string of the molecule is C#CCNCCS(=O)(=O)NC. The van der Waals surface area contributed by atoms with E-state index in [0.717, 1.165) is 0 Å². The highest BCUT2D eigenvalue weighted by Crippen LogP contribution is 1.78. The smallest absolute Gasteiger partial charge is 0.212 e. The molecule has 2 N–H and O–H groups in total. The molecule has 0 unspecified atom stereocenters. The van der Waals surface area contributed by atoms with E-state index in [0.29, 0.717) is 13.1 Å².